The van der Waals surface area contributed by atoms with Gasteiger partial charge in [-0.3, -0.25) is 4.98 Å². The van der Waals surface area contributed by atoms with Gasteiger partial charge in [-0.05, 0) is 37.5 Å². The van der Waals surface area contributed by atoms with Crippen LogP contribution in [0.15, 0.2) is 30.6 Å². The maximum atomic E-state index is 4.61. The van der Waals surface area contributed by atoms with Gasteiger partial charge in [0, 0.05) is 44.3 Å². The van der Waals surface area contributed by atoms with Crippen LogP contribution in [0, 0.1) is 6.92 Å². The third-order valence-electron chi connectivity index (χ3n) is 3.51. The lowest BCUT2D eigenvalue weighted by molar-refractivity contribution is 0.817. The molecule has 0 aliphatic heterocycles. The molecule has 2 rings (SSSR count). The molecule has 0 spiro atoms. The van der Waals surface area contributed by atoms with Gasteiger partial charge >= 0.3 is 0 Å². The minimum absolute atomic E-state index is 0.771. The van der Waals surface area contributed by atoms with Crippen LogP contribution in [0.4, 0.5) is 11.8 Å². The molecule has 0 amide bonds. The summed E-state index contributed by atoms with van der Waals surface area (Å²) in [5.74, 6) is 1.68. The fourth-order valence-corrected chi connectivity index (χ4v) is 2.15. The average Bonchev–Trinajstić information content (AvgIpc) is 2.53. The second-order valence-electron chi connectivity index (χ2n) is 5.50. The van der Waals surface area contributed by atoms with Gasteiger partial charge in [-0.2, -0.15) is 4.98 Å². The molecule has 0 aliphatic rings. The summed E-state index contributed by atoms with van der Waals surface area (Å²) >= 11 is 0. The third-order valence-corrected chi connectivity index (χ3v) is 3.51. The second-order valence-corrected chi connectivity index (χ2v) is 5.50. The van der Waals surface area contributed by atoms with Crippen LogP contribution in [0.25, 0.3) is 0 Å². The quantitative estimate of drug-likeness (QED) is 0.759. The number of anilines is 2. The van der Waals surface area contributed by atoms with Crippen molar-refractivity contribution in [3.63, 3.8) is 0 Å². The van der Waals surface area contributed by atoms with Crippen LogP contribution in [-0.4, -0.2) is 35.1 Å². The summed E-state index contributed by atoms with van der Waals surface area (Å²) in [5.41, 5.74) is 2.26. The molecular weight excluding hydrogens is 274 g/mol. The van der Waals surface area contributed by atoms with Gasteiger partial charge in [0.2, 0.25) is 5.95 Å². The number of likely N-dealkylation sites (N-methyl/N-ethyl adjacent to an activating group) is 1. The normalized spacial score (nSPS) is 10.5. The van der Waals surface area contributed by atoms with Crippen molar-refractivity contribution < 1.29 is 0 Å². The Kier molecular flexibility index (Phi) is 6.13. The standard InChI is InChI=1S/C17H25N5/c1-4-5-9-19-16-13-14(2)20-17(21-16)22(3)12-8-15-6-10-18-11-7-15/h6-7,10-11,13H,4-5,8-9,12H2,1-3H3,(H,19,20,21). The fourth-order valence-electron chi connectivity index (χ4n) is 2.15. The zero-order valence-corrected chi connectivity index (χ0v) is 13.7. The summed E-state index contributed by atoms with van der Waals surface area (Å²) in [4.78, 5) is 15.3. The van der Waals surface area contributed by atoms with Crippen molar-refractivity contribution in [2.75, 3.05) is 30.4 Å². The number of rotatable bonds is 8. The largest absolute Gasteiger partial charge is 0.370 e. The van der Waals surface area contributed by atoms with Crippen LogP contribution in [-0.2, 0) is 6.42 Å². The summed E-state index contributed by atoms with van der Waals surface area (Å²) < 4.78 is 0. The second kappa shape index (κ2) is 8.32. The molecule has 0 aliphatic carbocycles. The predicted octanol–water partition coefficient (Wildman–Crippen LogP) is 3.07. The summed E-state index contributed by atoms with van der Waals surface area (Å²) in [6.07, 6.45) is 6.93. The summed E-state index contributed by atoms with van der Waals surface area (Å²) in [5, 5.41) is 3.37. The topological polar surface area (TPSA) is 53.9 Å². The third kappa shape index (κ3) is 4.98. The minimum atomic E-state index is 0.771. The van der Waals surface area contributed by atoms with Gasteiger partial charge < -0.3 is 10.2 Å². The smallest absolute Gasteiger partial charge is 0.227 e. The highest BCUT2D eigenvalue weighted by atomic mass is 15.2. The van der Waals surface area contributed by atoms with E-state index < -0.39 is 0 Å². The van der Waals surface area contributed by atoms with E-state index in [1.165, 1.54) is 12.0 Å². The lowest BCUT2D eigenvalue weighted by Gasteiger charge is -2.18. The molecule has 1 N–H and O–H groups in total. The number of nitrogens with zero attached hydrogens (tertiary/aromatic N) is 4. The summed E-state index contributed by atoms with van der Waals surface area (Å²) in [7, 11) is 2.03. The Hall–Kier alpha value is -2.17. The Morgan fingerprint density at radius 3 is 2.68 bits per heavy atom. The zero-order valence-electron chi connectivity index (χ0n) is 13.7. The number of aromatic nitrogens is 3. The van der Waals surface area contributed by atoms with Gasteiger partial charge in [0.25, 0.3) is 0 Å². The first kappa shape index (κ1) is 16.2. The first-order valence-corrected chi connectivity index (χ1v) is 7.88. The van der Waals surface area contributed by atoms with E-state index in [0.29, 0.717) is 0 Å². The number of hydrogen-bond donors (Lipinski definition) is 1. The van der Waals surface area contributed by atoms with Gasteiger partial charge in [-0.1, -0.05) is 13.3 Å². The van der Waals surface area contributed by atoms with E-state index in [4.69, 9.17) is 0 Å². The van der Waals surface area contributed by atoms with Crippen LogP contribution < -0.4 is 10.2 Å². The van der Waals surface area contributed by atoms with E-state index in [9.17, 15) is 0 Å². The molecule has 118 valence electrons. The first-order chi connectivity index (χ1) is 10.7. The molecule has 2 heterocycles. The average molecular weight is 299 g/mol. The lowest BCUT2D eigenvalue weighted by atomic mass is 10.2. The van der Waals surface area contributed by atoms with Crippen molar-refractivity contribution in [1.29, 1.82) is 0 Å². The van der Waals surface area contributed by atoms with E-state index in [2.05, 4.69) is 32.1 Å². The highest BCUT2D eigenvalue weighted by Gasteiger charge is 2.07. The van der Waals surface area contributed by atoms with Gasteiger partial charge in [-0.15, -0.1) is 0 Å². The van der Waals surface area contributed by atoms with Gasteiger partial charge in [0.1, 0.15) is 5.82 Å². The summed E-state index contributed by atoms with van der Waals surface area (Å²) in [6, 6.07) is 6.08. The number of unbranched alkanes of at least 4 members (excludes halogenated alkanes) is 1. The van der Waals surface area contributed by atoms with Crippen molar-refractivity contribution in [2.24, 2.45) is 0 Å². The Balaban J connectivity index is 1.97. The fraction of sp³-hybridized carbons (Fsp3) is 0.471. The predicted molar refractivity (Wildman–Crippen MR) is 91.4 cm³/mol. The van der Waals surface area contributed by atoms with Crippen molar-refractivity contribution >= 4 is 11.8 Å². The van der Waals surface area contributed by atoms with Crippen molar-refractivity contribution in [3.05, 3.63) is 41.9 Å². The summed E-state index contributed by atoms with van der Waals surface area (Å²) in [6.45, 7) is 6.02. The zero-order chi connectivity index (χ0) is 15.8. The van der Waals surface area contributed by atoms with Gasteiger partial charge in [0.15, 0.2) is 0 Å². The van der Waals surface area contributed by atoms with Gasteiger partial charge in [-0.25, -0.2) is 4.98 Å². The van der Waals surface area contributed by atoms with Crippen molar-refractivity contribution in [2.45, 2.75) is 33.1 Å². The number of pyridine rings is 1. The van der Waals surface area contributed by atoms with Crippen LogP contribution in [0.1, 0.15) is 31.0 Å². The van der Waals surface area contributed by atoms with E-state index in [1.54, 1.807) is 0 Å². The molecule has 0 fully saturated rings. The van der Waals surface area contributed by atoms with E-state index >= 15 is 0 Å². The Morgan fingerprint density at radius 2 is 1.95 bits per heavy atom. The van der Waals surface area contributed by atoms with E-state index in [0.717, 1.165) is 43.4 Å². The van der Waals surface area contributed by atoms with E-state index in [1.807, 2.05) is 44.6 Å². The first-order valence-electron chi connectivity index (χ1n) is 7.88. The van der Waals surface area contributed by atoms with Crippen LogP contribution in [0.2, 0.25) is 0 Å². The SMILES string of the molecule is CCCCNc1cc(C)nc(N(C)CCc2ccncc2)n1. The maximum absolute atomic E-state index is 4.61. The molecule has 5 heteroatoms. The van der Waals surface area contributed by atoms with Crippen molar-refractivity contribution in [1.82, 2.24) is 15.0 Å². The minimum Gasteiger partial charge on any atom is -0.370 e. The molecule has 0 aromatic carbocycles. The van der Waals surface area contributed by atoms with Crippen LogP contribution in [0.3, 0.4) is 0 Å². The molecule has 0 bridgehead atoms. The van der Waals surface area contributed by atoms with Crippen LogP contribution in [0.5, 0.6) is 0 Å². The van der Waals surface area contributed by atoms with E-state index in [-0.39, 0.29) is 0 Å². The molecule has 0 saturated heterocycles. The number of hydrogen-bond acceptors (Lipinski definition) is 5. The molecule has 0 saturated carbocycles. The molecule has 0 unspecified atom stereocenters. The molecule has 2 aromatic rings. The monoisotopic (exact) mass is 299 g/mol. The maximum Gasteiger partial charge on any atom is 0.227 e. The number of aryl methyl sites for hydroxylation is 1. The molecule has 0 atom stereocenters. The molecular formula is C17H25N5. The van der Waals surface area contributed by atoms with Crippen LogP contribution >= 0.6 is 0 Å². The molecule has 0 radical (unpaired) electrons. The van der Waals surface area contributed by atoms with Crippen molar-refractivity contribution in [3.8, 4) is 0 Å². The Labute approximate surface area is 132 Å². The lowest BCUT2D eigenvalue weighted by Crippen LogP contribution is -2.23. The molecule has 2 aromatic heterocycles. The molecule has 5 nitrogen and oxygen atoms in total. The Morgan fingerprint density at radius 1 is 1.18 bits per heavy atom. The highest BCUT2D eigenvalue weighted by molar-refractivity contribution is 5.43. The number of nitrogens with one attached hydrogen (secondary N) is 1. The Bertz CT molecular complexity index is 571. The van der Waals surface area contributed by atoms with Gasteiger partial charge in [0.05, 0.1) is 0 Å². The molecule has 22 heavy (non-hydrogen) atoms. The highest BCUT2D eigenvalue weighted by Crippen LogP contribution is 2.13.